The number of hydrogen-bond donors (Lipinski definition) is 0. The van der Waals surface area contributed by atoms with E-state index >= 15 is 0 Å². The summed E-state index contributed by atoms with van der Waals surface area (Å²) in [5.41, 5.74) is 0.654. The summed E-state index contributed by atoms with van der Waals surface area (Å²) in [4.78, 5) is 13.2. The van der Waals surface area contributed by atoms with Crippen LogP contribution in [-0.4, -0.2) is 32.7 Å². The molecule has 1 aliphatic rings. The second-order valence-corrected chi connectivity index (χ2v) is 6.84. The van der Waals surface area contributed by atoms with Crippen LogP contribution in [-0.2, 0) is 7.05 Å². The summed E-state index contributed by atoms with van der Waals surface area (Å²) < 4.78 is 29.3. The summed E-state index contributed by atoms with van der Waals surface area (Å²) in [5, 5.41) is 3.86. The molecule has 0 fully saturated rings. The molecule has 0 N–H and O–H groups in total. The van der Waals surface area contributed by atoms with Crippen LogP contribution in [0.3, 0.4) is 0 Å². The first-order chi connectivity index (χ1) is 14.1. The van der Waals surface area contributed by atoms with Crippen molar-refractivity contribution in [2.45, 2.75) is 0 Å². The third kappa shape index (κ3) is 2.33. The number of hydrogen-bond acceptors (Lipinski definition) is 6. The maximum atomic E-state index is 13.2. The predicted octanol–water partition coefficient (Wildman–Crippen LogP) is 3.60. The number of nitrogens with zero attached hydrogens (tertiary/aromatic N) is 1. The minimum absolute atomic E-state index is 0.127. The molecule has 1 aromatic heterocycles. The summed E-state index contributed by atoms with van der Waals surface area (Å²) >= 11 is 0. The van der Waals surface area contributed by atoms with Crippen molar-refractivity contribution in [2.75, 3.05) is 28.1 Å². The molecule has 0 saturated heterocycles. The van der Waals surface area contributed by atoms with Crippen molar-refractivity contribution in [1.82, 2.24) is 4.57 Å². The summed E-state index contributed by atoms with van der Waals surface area (Å²) in [6.07, 6.45) is 0. The minimum Gasteiger partial charge on any atom is -0.496 e. The summed E-state index contributed by atoms with van der Waals surface area (Å²) in [5.74, 6) is 3.05. The zero-order valence-corrected chi connectivity index (χ0v) is 16.5. The normalized spacial score (nSPS) is 12.7. The molecule has 5 rings (SSSR count). The Labute approximate surface area is 165 Å². The van der Waals surface area contributed by atoms with Gasteiger partial charge in [-0.05, 0) is 30.3 Å². The second kappa shape index (κ2) is 6.20. The van der Waals surface area contributed by atoms with Crippen LogP contribution in [0.25, 0.3) is 32.4 Å². The molecule has 0 radical (unpaired) electrons. The average Bonchev–Trinajstić information content (AvgIpc) is 3.21. The van der Waals surface area contributed by atoms with Crippen LogP contribution in [0, 0.1) is 0 Å². The SMILES string of the molecule is COc1cc2c(=O)n(C)c3c4cc5c(cc4c(OC)cc3c2cc1OC)OCO5. The largest absolute Gasteiger partial charge is 0.496 e. The number of aryl methyl sites for hydroxylation is 1. The number of pyridine rings is 1. The Morgan fingerprint density at radius 1 is 0.724 bits per heavy atom. The Morgan fingerprint density at radius 3 is 1.86 bits per heavy atom. The lowest BCUT2D eigenvalue weighted by Crippen LogP contribution is -2.18. The summed E-state index contributed by atoms with van der Waals surface area (Å²) in [7, 11) is 6.51. The Morgan fingerprint density at radius 2 is 1.24 bits per heavy atom. The van der Waals surface area contributed by atoms with Crippen molar-refractivity contribution in [2.24, 2.45) is 7.05 Å². The van der Waals surface area contributed by atoms with Crippen LogP contribution in [0.15, 0.2) is 35.1 Å². The molecule has 1 aliphatic heterocycles. The van der Waals surface area contributed by atoms with Gasteiger partial charge >= 0.3 is 0 Å². The summed E-state index contributed by atoms with van der Waals surface area (Å²) in [6, 6.07) is 9.27. The molecule has 29 heavy (non-hydrogen) atoms. The molecule has 0 unspecified atom stereocenters. The highest BCUT2D eigenvalue weighted by Gasteiger charge is 2.21. The van der Waals surface area contributed by atoms with Gasteiger partial charge in [-0.3, -0.25) is 4.79 Å². The standard InChI is InChI=1S/C22H19NO6/c1-23-21-13(11-5-17(26-3)18(27-4)9-15(11)22(23)24)7-16(25-2)12-6-19-20(8-14(12)21)29-10-28-19/h5-9H,10H2,1-4H3. The van der Waals surface area contributed by atoms with E-state index in [1.54, 1.807) is 39.0 Å². The molecular weight excluding hydrogens is 374 g/mol. The van der Waals surface area contributed by atoms with E-state index in [-0.39, 0.29) is 12.4 Å². The molecule has 2 heterocycles. The molecule has 7 nitrogen and oxygen atoms in total. The first kappa shape index (κ1) is 17.5. The zero-order valence-electron chi connectivity index (χ0n) is 16.5. The number of benzene rings is 3. The van der Waals surface area contributed by atoms with E-state index in [4.69, 9.17) is 23.7 Å². The molecule has 0 bridgehead atoms. The molecule has 0 atom stereocenters. The van der Waals surface area contributed by atoms with Gasteiger partial charge in [0.2, 0.25) is 6.79 Å². The number of ether oxygens (including phenoxy) is 5. The highest BCUT2D eigenvalue weighted by Crippen LogP contribution is 2.44. The Balaban J connectivity index is 2.04. The van der Waals surface area contributed by atoms with Crippen LogP contribution >= 0.6 is 0 Å². The molecule has 0 saturated carbocycles. The van der Waals surface area contributed by atoms with Crippen molar-refractivity contribution in [3.05, 3.63) is 40.7 Å². The molecular formula is C22H19NO6. The smallest absolute Gasteiger partial charge is 0.258 e. The molecule has 0 amide bonds. The third-order valence-electron chi connectivity index (χ3n) is 5.47. The van der Waals surface area contributed by atoms with E-state index in [2.05, 4.69) is 0 Å². The first-order valence-electron chi connectivity index (χ1n) is 9.06. The number of aromatic nitrogens is 1. The van der Waals surface area contributed by atoms with Crippen LogP contribution in [0.2, 0.25) is 0 Å². The van der Waals surface area contributed by atoms with E-state index in [1.807, 2.05) is 24.3 Å². The van der Waals surface area contributed by atoms with Gasteiger partial charge in [0, 0.05) is 28.6 Å². The highest BCUT2D eigenvalue weighted by molar-refractivity contribution is 6.18. The van der Waals surface area contributed by atoms with Gasteiger partial charge in [-0.15, -0.1) is 0 Å². The van der Waals surface area contributed by atoms with E-state index in [1.165, 1.54) is 0 Å². The lowest BCUT2D eigenvalue weighted by molar-refractivity contribution is 0.174. The van der Waals surface area contributed by atoms with Crippen LogP contribution < -0.4 is 29.2 Å². The molecule has 7 heteroatoms. The molecule has 3 aromatic carbocycles. The molecule has 148 valence electrons. The van der Waals surface area contributed by atoms with Crippen LogP contribution in [0.4, 0.5) is 0 Å². The van der Waals surface area contributed by atoms with E-state index in [0.29, 0.717) is 34.1 Å². The van der Waals surface area contributed by atoms with Crippen molar-refractivity contribution in [3.8, 4) is 28.7 Å². The van der Waals surface area contributed by atoms with Crippen molar-refractivity contribution in [3.63, 3.8) is 0 Å². The zero-order chi connectivity index (χ0) is 20.3. The molecule has 0 aliphatic carbocycles. The van der Waals surface area contributed by atoms with Gasteiger partial charge < -0.3 is 28.3 Å². The van der Waals surface area contributed by atoms with E-state index < -0.39 is 0 Å². The number of methoxy groups -OCH3 is 3. The fraction of sp³-hybridized carbons (Fsp3) is 0.227. The lowest BCUT2D eigenvalue weighted by atomic mass is 9.99. The van der Waals surface area contributed by atoms with E-state index in [0.717, 1.165) is 27.1 Å². The predicted molar refractivity (Wildman–Crippen MR) is 110 cm³/mol. The highest BCUT2D eigenvalue weighted by atomic mass is 16.7. The van der Waals surface area contributed by atoms with Crippen LogP contribution in [0.5, 0.6) is 28.7 Å². The number of rotatable bonds is 3. The third-order valence-corrected chi connectivity index (χ3v) is 5.47. The van der Waals surface area contributed by atoms with Crippen molar-refractivity contribution in [1.29, 1.82) is 0 Å². The van der Waals surface area contributed by atoms with Gasteiger partial charge in [-0.2, -0.15) is 0 Å². The monoisotopic (exact) mass is 393 g/mol. The Kier molecular flexibility index (Phi) is 3.74. The Bertz CT molecular complexity index is 1370. The lowest BCUT2D eigenvalue weighted by Gasteiger charge is -2.16. The van der Waals surface area contributed by atoms with Gasteiger partial charge in [0.05, 0.1) is 32.2 Å². The second-order valence-electron chi connectivity index (χ2n) is 6.84. The first-order valence-corrected chi connectivity index (χ1v) is 9.06. The van der Waals surface area contributed by atoms with Gasteiger partial charge in [-0.1, -0.05) is 0 Å². The van der Waals surface area contributed by atoms with Crippen LogP contribution in [0.1, 0.15) is 0 Å². The van der Waals surface area contributed by atoms with Crippen molar-refractivity contribution >= 4 is 32.4 Å². The van der Waals surface area contributed by atoms with E-state index in [9.17, 15) is 4.79 Å². The van der Waals surface area contributed by atoms with Gasteiger partial charge in [0.15, 0.2) is 23.0 Å². The fourth-order valence-electron chi connectivity index (χ4n) is 4.06. The van der Waals surface area contributed by atoms with Gasteiger partial charge in [0.1, 0.15) is 5.75 Å². The minimum atomic E-state index is -0.127. The molecule has 0 spiro atoms. The maximum absolute atomic E-state index is 13.2. The maximum Gasteiger partial charge on any atom is 0.258 e. The fourth-order valence-corrected chi connectivity index (χ4v) is 4.06. The van der Waals surface area contributed by atoms with Gasteiger partial charge in [0.25, 0.3) is 5.56 Å². The quantitative estimate of drug-likeness (QED) is 0.496. The topological polar surface area (TPSA) is 68.2 Å². The average molecular weight is 393 g/mol. The molecule has 4 aromatic rings. The van der Waals surface area contributed by atoms with Gasteiger partial charge in [-0.25, -0.2) is 0 Å². The Hall–Kier alpha value is -3.61. The van der Waals surface area contributed by atoms with Crippen molar-refractivity contribution < 1.29 is 23.7 Å². The summed E-state index contributed by atoms with van der Waals surface area (Å²) in [6.45, 7) is 0.171. The number of fused-ring (bicyclic) bond motifs is 6.